The summed E-state index contributed by atoms with van der Waals surface area (Å²) in [5.41, 5.74) is 1.58. The molecule has 0 saturated carbocycles. The summed E-state index contributed by atoms with van der Waals surface area (Å²) in [6, 6.07) is 13.2. The molecule has 2 aromatic carbocycles. The largest absolute Gasteiger partial charge is 0.497 e. The Balaban J connectivity index is 2.11. The van der Waals surface area contributed by atoms with Crippen LogP contribution in [0.25, 0.3) is 6.08 Å². The van der Waals surface area contributed by atoms with Gasteiger partial charge in [0.1, 0.15) is 11.6 Å². The summed E-state index contributed by atoms with van der Waals surface area (Å²) in [5.74, 6) is -0.308. The molecule has 142 valence electrons. The maximum Gasteiger partial charge on any atom is 0.307 e. The summed E-state index contributed by atoms with van der Waals surface area (Å²) < 4.78 is 22.9. The molecule has 0 saturated heterocycles. The number of hydrogen-bond donors (Lipinski definition) is 0. The van der Waals surface area contributed by atoms with Gasteiger partial charge in [-0.05, 0) is 41.5 Å². The molecule has 2 aromatic rings. The first-order valence-corrected chi connectivity index (χ1v) is 8.44. The van der Waals surface area contributed by atoms with Crippen molar-refractivity contribution < 1.29 is 23.5 Å². The fourth-order valence-electron chi connectivity index (χ4n) is 2.42. The predicted octanol–water partition coefficient (Wildman–Crippen LogP) is 3.44. The second-order valence-electron chi connectivity index (χ2n) is 5.82. The van der Waals surface area contributed by atoms with E-state index in [1.165, 1.54) is 30.2 Å². The SMILES string of the molecule is COC(=O)CCN(Cc1ccc(F)cc1)C(=O)/C=C/c1cccc(OC)c1. The lowest BCUT2D eigenvalue weighted by molar-refractivity contribution is -0.141. The van der Waals surface area contributed by atoms with Gasteiger partial charge in [0.15, 0.2) is 0 Å². The third-order valence-corrected chi connectivity index (χ3v) is 3.92. The number of esters is 1. The number of nitrogens with zero attached hydrogens (tertiary/aromatic N) is 1. The van der Waals surface area contributed by atoms with E-state index in [1.807, 2.05) is 24.3 Å². The molecule has 6 heteroatoms. The van der Waals surface area contributed by atoms with E-state index in [2.05, 4.69) is 4.74 Å². The molecule has 1 amide bonds. The van der Waals surface area contributed by atoms with Crippen LogP contribution >= 0.6 is 0 Å². The first-order valence-electron chi connectivity index (χ1n) is 8.44. The smallest absolute Gasteiger partial charge is 0.307 e. The summed E-state index contributed by atoms with van der Waals surface area (Å²) in [7, 11) is 2.88. The van der Waals surface area contributed by atoms with Crippen LogP contribution < -0.4 is 4.74 Å². The van der Waals surface area contributed by atoms with E-state index in [-0.39, 0.29) is 31.2 Å². The van der Waals surface area contributed by atoms with Crippen LogP contribution in [0, 0.1) is 5.82 Å². The van der Waals surface area contributed by atoms with E-state index < -0.39 is 5.97 Å². The molecule has 0 fully saturated rings. The minimum Gasteiger partial charge on any atom is -0.497 e. The average molecular weight is 371 g/mol. The van der Waals surface area contributed by atoms with E-state index in [4.69, 9.17) is 4.74 Å². The average Bonchev–Trinajstić information content (AvgIpc) is 2.70. The monoisotopic (exact) mass is 371 g/mol. The lowest BCUT2D eigenvalue weighted by Crippen LogP contribution is -2.31. The van der Waals surface area contributed by atoms with Crippen molar-refractivity contribution in [3.63, 3.8) is 0 Å². The minimum absolute atomic E-state index is 0.0798. The van der Waals surface area contributed by atoms with E-state index in [9.17, 15) is 14.0 Å². The zero-order valence-electron chi connectivity index (χ0n) is 15.4. The number of amides is 1. The van der Waals surface area contributed by atoms with Crippen molar-refractivity contribution in [3.05, 3.63) is 71.6 Å². The van der Waals surface area contributed by atoms with Crippen molar-refractivity contribution in [1.29, 1.82) is 0 Å². The predicted molar refractivity (Wildman–Crippen MR) is 100 cm³/mol. The normalized spacial score (nSPS) is 10.6. The molecule has 0 bridgehead atoms. The summed E-state index contributed by atoms with van der Waals surface area (Å²) in [6.45, 7) is 0.462. The van der Waals surface area contributed by atoms with Gasteiger partial charge in [-0.15, -0.1) is 0 Å². The molecular weight excluding hydrogens is 349 g/mol. The molecule has 0 aliphatic rings. The first kappa shape index (κ1) is 20.2. The highest BCUT2D eigenvalue weighted by Gasteiger charge is 2.14. The van der Waals surface area contributed by atoms with Crippen LogP contribution in [0.1, 0.15) is 17.5 Å². The van der Waals surface area contributed by atoms with Gasteiger partial charge in [0.25, 0.3) is 0 Å². The van der Waals surface area contributed by atoms with Crippen molar-refractivity contribution in [3.8, 4) is 5.75 Å². The van der Waals surface area contributed by atoms with Gasteiger partial charge < -0.3 is 14.4 Å². The summed E-state index contributed by atoms with van der Waals surface area (Å²) >= 11 is 0. The Bertz CT molecular complexity index is 802. The second kappa shape index (κ2) is 10.1. The zero-order valence-corrected chi connectivity index (χ0v) is 15.4. The molecule has 5 nitrogen and oxygen atoms in total. The number of methoxy groups -OCH3 is 2. The van der Waals surface area contributed by atoms with Crippen molar-refractivity contribution >= 4 is 18.0 Å². The number of carbonyl (C=O) groups is 2. The zero-order chi connectivity index (χ0) is 19.6. The minimum atomic E-state index is -0.399. The molecule has 27 heavy (non-hydrogen) atoms. The van der Waals surface area contributed by atoms with Gasteiger partial charge in [-0.3, -0.25) is 9.59 Å². The fourth-order valence-corrected chi connectivity index (χ4v) is 2.42. The molecule has 0 aliphatic carbocycles. The molecule has 0 radical (unpaired) electrons. The van der Waals surface area contributed by atoms with Crippen LogP contribution in [0.15, 0.2) is 54.6 Å². The fraction of sp³-hybridized carbons (Fsp3) is 0.238. The van der Waals surface area contributed by atoms with Gasteiger partial charge in [-0.25, -0.2) is 4.39 Å². The lowest BCUT2D eigenvalue weighted by Gasteiger charge is -2.21. The Labute approximate surface area is 158 Å². The van der Waals surface area contributed by atoms with E-state index in [0.717, 1.165) is 11.1 Å². The Hall–Kier alpha value is -3.15. The Morgan fingerprint density at radius 2 is 1.85 bits per heavy atom. The molecule has 0 unspecified atom stereocenters. The van der Waals surface area contributed by atoms with Crippen molar-refractivity contribution in [2.75, 3.05) is 20.8 Å². The lowest BCUT2D eigenvalue weighted by atomic mass is 10.1. The van der Waals surface area contributed by atoms with Crippen LogP contribution in [0.5, 0.6) is 5.75 Å². The van der Waals surface area contributed by atoms with E-state index >= 15 is 0 Å². The number of carbonyl (C=O) groups excluding carboxylic acids is 2. The number of benzene rings is 2. The van der Waals surface area contributed by atoms with E-state index in [0.29, 0.717) is 5.75 Å². The van der Waals surface area contributed by atoms with Crippen LogP contribution in [-0.4, -0.2) is 37.5 Å². The van der Waals surface area contributed by atoms with Crippen LogP contribution in [0.4, 0.5) is 4.39 Å². The van der Waals surface area contributed by atoms with Crippen molar-refractivity contribution in [2.45, 2.75) is 13.0 Å². The molecular formula is C21H22FNO4. The standard InChI is InChI=1S/C21H22FNO4/c1-26-19-5-3-4-16(14-19)8-11-20(24)23(13-12-21(25)27-2)15-17-6-9-18(22)10-7-17/h3-11,14H,12-13,15H2,1-2H3/b11-8+. The Morgan fingerprint density at radius 3 is 2.52 bits per heavy atom. The molecule has 0 heterocycles. The molecule has 0 aliphatic heterocycles. The summed E-state index contributed by atoms with van der Waals surface area (Å²) in [6.07, 6.45) is 3.20. The maximum atomic E-state index is 13.1. The van der Waals surface area contributed by atoms with Gasteiger partial charge in [0.2, 0.25) is 5.91 Å². The van der Waals surface area contributed by atoms with Crippen molar-refractivity contribution in [2.24, 2.45) is 0 Å². The molecule has 0 aromatic heterocycles. The van der Waals surface area contributed by atoms with Gasteiger partial charge in [-0.1, -0.05) is 24.3 Å². The number of rotatable bonds is 8. The molecule has 0 N–H and O–H groups in total. The van der Waals surface area contributed by atoms with Gasteiger partial charge >= 0.3 is 5.97 Å². The Morgan fingerprint density at radius 1 is 1.11 bits per heavy atom. The molecule has 0 spiro atoms. The third-order valence-electron chi connectivity index (χ3n) is 3.92. The summed E-state index contributed by atoms with van der Waals surface area (Å²) in [5, 5.41) is 0. The van der Waals surface area contributed by atoms with Crippen LogP contribution in [0.3, 0.4) is 0 Å². The van der Waals surface area contributed by atoms with Gasteiger partial charge in [0.05, 0.1) is 20.6 Å². The number of hydrogen-bond acceptors (Lipinski definition) is 4. The van der Waals surface area contributed by atoms with Crippen molar-refractivity contribution in [1.82, 2.24) is 4.90 Å². The Kier molecular flexibility index (Phi) is 7.55. The van der Waals surface area contributed by atoms with Gasteiger partial charge in [0, 0.05) is 19.2 Å². The quantitative estimate of drug-likeness (QED) is 0.527. The highest BCUT2D eigenvalue weighted by molar-refractivity contribution is 5.92. The topological polar surface area (TPSA) is 55.8 Å². The van der Waals surface area contributed by atoms with E-state index in [1.54, 1.807) is 25.3 Å². The third kappa shape index (κ3) is 6.58. The highest BCUT2D eigenvalue weighted by atomic mass is 19.1. The second-order valence-corrected chi connectivity index (χ2v) is 5.82. The molecule has 0 atom stereocenters. The highest BCUT2D eigenvalue weighted by Crippen LogP contribution is 2.14. The number of halogens is 1. The van der Waals surface area contributed by atoms with Crippen LogP contribution in [-0.2, 0) is 20.9 Å². The summed E-state index contributed by atoms with van der Waals surface area (Å²) in [4.78, 5) is 25.6. The van der Waals surface area contributed by atoms with Crippen LogP contribution in [0.2, 0.25) is 0 Å². The maximum absolute atomic E-state index is 13.1. The van der Waals surface area contributed by atoms with Gasteiger partial charge in [-0.2, -0.15) is 0 Å². The molecule has 2 rings (SSSR count). The first-order chi connectivity index (χ1) is 13.0. The number of ether oxygens (including phenoxy) is 2.